The van der Waals surface area contributed by atoms with E-state index in [0.717, 1.165) is 0 Å². The van der Waals surface area contributed by atoms with Gasteiger partial charge in [-0.05, 0) is 46.3 Å². The highest BCUT2D eigenvalue weighted by molar-refractivity contribution is 9.10. The molecule has 0 bridgehead atoms. The van der Waals surface area contributed by atoms with Crippen molar-refractivity contribution >= 4 is 21.9 Å². The smallest absolute Gasteiger partial charge is 0.343 e. The van der Waals surface area contributed by atoms with E-state index in [-0.39, 0.29) is 0 Å². The minimum atomic E-state index is -0.487. The highest BCUT2D eigenvalue weighted by Gasteiger charge is 2.10. The van der Waals surface area contributed by atoms with E-state index in [1.54, 1.807) is 36.4 Å². The lowest BCUT2D eigenvalue weighted by atomic mass is 10.1. The summed E-state index contributed by atoms with van der Waals surface area (Å²) in [5.41, 5.74) is 0.779. The van der Waals surface area contributed by atoms with E-state index in [0.29, 0.717) is 21.3 Å². The molecule has 0 saturated carbocycles. The van der Waals surface area contributed by atoms with Crippen molar-refractivity contribution in [1.82, 2.24) is 0 Å². The minimum absolute atomic E-state index is 0.352. The first-order chi connectivity index (χ1) is 8.70. The molecule has 0 spiro atoms. The molecule has 88 valence electrons. The van der Waals surface area contributed by atoms with E-state index in [9.17, 15) is 4.79 Å². The van der Waals surface area contributed by atoms with Crippen LogP contribution in [0, 0.1) is 11.3 Å². The molecule has 2 aromatic rings. The van der Waals surface area contributed by atoms with Gasteiger partial charge in [0, 0.05) is 0 Å². The quantitative estimate of drug-likeness (QED) is 0.630. The molecule has 0 N–H and O–H groups in total. The Morgan fingerprint density at radius 1 is 1.17 bits per heavy atom. The van der Waals surface area contributed by atoms with E-state index in [4.69, 9.17) is 10.00 Å². The molecule has 18 heavy (non-hydrogen) atoms. The summed E-state index contributed by atoms with van der Waals surface area (Å²) in [5.74, 6) is -0.0381. The van der Waals surface area contributed by atoms with Gasteiger partial charge in [0.15, 0.2) is 0 Å². The normalized spacial score (nSPS) is 9.56. The molecule has 0 amide bonds. The first kappa shape index (κ1) is 12.3. The highest BCUT2D eigenvalue weighted by atomic mass is 79.9. The summed E-state index contributed by atoms with van der Waals surface area (Å²) in [6.07, 6.45) is 0. The van der Waals surface area contributed by atoms with Gasteiger partial charge in [0.25, 0.3) is 0 Å². The van der Waals surface area contributed by atoms with Crippen molar-refractivity contribution in [2.45, 2.75) is 0 Å². The van der Waals surface area contributed by atoms with Crippen LogP contribution in [0.3, 0.4) is 0 Å². The second-order valence-corrected chi connectivity index (χ2v) is 4.37. The predicted molar refractivity (Wildman–Crippen MR) is 70.3 cm³/mol. The number of carbonyl (C=O) groups is 1. The van der Waals surface area contributed by atoms with Gasteiger partial charge in [0.1, 0.15) is 5.75 Å². The van der Waals surface area contributed by atoms with E-state index >= 15 is 0 Å². The van der Waals surface area contributed by atoms with Crippen LogP contribution in [0.4, 0.5) is 0 Å². The molecule has 0 aliphatic carbocycles. The van der Waals surface area contributed by atoms with Crippen LogP contribution in [0.2, 0.25) is 0 Å². The molecule has 4 heteroatoms. The molecule has 0 aromatic heterocycles. The van der Waals surface area contributed by atoms with Crippen molar-refractivity contribution in [3.05, 3.63) is 64.1 Å². The molecule has 3 nitrogen and oxygen atoms in total. The van der Waals surface area contributed by atoms with Gasteiger partial charge in [-0.15, -0.1) is 0 Å². The van der Waals surface area contributed by atoms with E-state index in [1.165, 1.54) is 6.07 Å². The Morgan fingerprint density at radius 2 is 1.94 bits per heavy atom. The number of hydrogen-bond donors (Lipinski definition) is 0. The SMILES string of the molecule is N#Cc1cccc(C(=O)Oc2ccccc2Br)c1. The number of para-hydroxylation sites is 1. The number of halogens is 1. The van der Waals surface area contributed by atoms with Crippen LogP contribution in [-0.2, 0) is 0 Å². The van der Waals surface area contributed by atoms with Crippen molar-refractivity contribution in [3.63, 3.8) is 0 Å². The van der Waals surface area contributed by atoms with Gasteiger partial charge in [-0.1, -0.05) is 18.2 Å². The number of hydrogen-bond acceptors (Lipinski definition) is 3. The van der Waals surface area contributed by atoms with Crippen LogP contribution in [0.5, 0.6) is 5.75 Å². The number of nitrogens with zero attached hydrogens (tertiary/aromatic N) is 1. The molecule has 0 atom stereocenters. The van der Waals surface area contributed by atoms with Crippen LogP contribution in [-0.4, -0.2) is 5.97 Å². The van der Waals surface area contributed by atoms with Crippen LogP contribution in [0.1, 0.15) is 15.9 Å². The molecule has 0 heterocycles. The van der Waals surface area contributed by atoms with Crippen molar-refractivity contribution in [2.24, 2.45) is 0 Å². The Kier molecular flexibility index (Phi) is 3.75. The number of ether oxygens (including phenoxy) is 1. The lowest BCUT2D eigenvalue weighted by Crippen LogP contribution is -2.08. The molecular formula is C14H8BrNO2. The van der Waals surface area contributed by atoms with Crippen molar-refractivity contribution in [1.29, 1.82) is 5.26 Å². The fraction of sp³-hybridized carbons (Fsp3) is 0. The molecule has 2 aromatic carbocycles. The number of rotatable bonds is 2. The molecular weight excluding hydrogens is 294 g/mol. The van der Waals surface area contributed by atoms with E-state index in [1.807, 2.05) is 12.1 Å². The summed E-state index contributed by atoms with van der Waals surface area (Å²) in [4.78, 5) is 11.9. The molecule has 0 aliphatic heterocycles. The third kappa shape index (κ3) is 2.76. The summed E-state index contributed by atoms with van der Waals surface area (Å²) >= 11 is 3.30. The number of esters is 1. The topological polar surface area (TPSA) is 50.1 Å². The largest absolute Gasteiger partial charge is 0.422 e. The molecule has 0 fully saturated rings. The maximum absolute atomic E-state index is 11.9. The van der Waals surface area contributed by atoms with Gasteiger partial charge >= 0.3 is 5.97 Å². The lowest BCUT2D eigenvalue weighted by Gasteiger charge is -2.06. The zero-order valence-corrected chi connectivity index (χ0v) is 10.8. The molecule has 0 aliphatic rings. The van der Waals surface area contributed by atoms with Crippen LogP contribution >= 0.6 is 15.9 Å². The Labute approximate surface area is 113 Å². The molecule has 2 rings (SSSR count). The first-order valence-corrected chi connectivity index (χ1v) is 5.97. The van der Waals surface area contributed by atoms with Crippen LogP contribution < -0.4 is 4.74 Å². The molecule has 0 saturated heterocycles. The third-order valence-electron chi connectivity index (χ3n) is 2.27. The average molecular weight is 302 g/mol. The molecule has 0 unspecified atom stereocenters. The van der Waals surface area contributed by atoms with Crippen LogP contribution in [0.15, 0.2) is 53.0 Å². The van der Waals surface area contributed by atoms with Crippen molar-refractivity contribution < 1.29 is 9.53 Å². The Bertz CT molecular complexity index is 632. The van der Waals surface area contributed by atoms with E-state index < -0.39 is 5.97 Å². The van der Waals surface area contributed by atoms with Crippen LogP contribution in [0.25, 0.3) is 0 Å². The van der Waals surface area contributed by atoms with Gasteiger partial charge in [-0.3, -0.25) is 0 Å². The van der Waals surface area contributed by atoms with Crippen molar-refractivity contribution in [3.8, 4) is 11.8 Å². The number of nitriles is 1. The standard InChI is InChI=1S/C14H8BrNO2/c15-12-6-1-2-7-13(12)18-14(17)11-5-3-4-10(8-11)9-16/h1-8H. The highest BCUT2D eigenvalue weighted by Crippen LogP contribution is 2.24. The maximum atomic E-state index is 11.9. The third-order valence-corrected chi connectivity index (χ3v) is 2.92. The number of benzene rings is 2. The summed E-state index contributed by atoms with van der Waals surface area (Å²) in [6, 6.07) is 15.5. The fourth-order valence-corrected chi connectivity index (χ4v) is 1.77. The Hall–Kier alpha value is -2.12. The summed E-state index contributed by atoms with van der Waals surface area (Å²) in [6.45, 7) is 0. The van der Waals surface area contributed by atoms with Gasteiger partial charge < -0.3 is 4.74 Å². The summed E-state index contributed by atoms with van der Waals surface area (Å²) in [7, 11) is 0. The van der Waals surface area contributed by atoms with Gasteiger partial charge in [-0.2, -0.15) is 5.26 Å². The van der Waals surface area contributed by atoms with Gasteiger partial charge in [0.2, 0.25) is 0 Å². The second kappa shape index (κ2) is 5.48. The minimum Gasteiger partial charge on any atom is -0.422 e. The average Bonchev–Trinajstić information content (AvgIpc) is 2.41. The Morgan fingerprint density at radius 3 is 2.67 bits per heavy atom. The fourth-order valence-electron chi connectivity index (χ4n) is 1.40. The van der Waals surface area contributed by atoms with Gasteiger partial charge in [-0.25, -0.2) is 4.79 Å². The molecule has 0 radical (unpaired) electrons. The van der Waals surface area contributed by atoms with E-state index in [2.05, 4.69) is 15.9 Å². The summed E-state index contributed by atoms with van der Waals surface area (Å²) in [5, 5.41) is 8.77. The monoisotopic (exact) mass is 301 g/mol. The lowest BCUT2D eigenvalue weighted by molar-refractivity contribution is 0.0733. The maximum Gasteiger partial charge on any atom is 0.343 e. The number of carbonyl (C=O) groups excluding carboxylic acids is 1. The van der Waals surface area contributed by atoms with Crippen molar-refractivity contribution in [2.75, 3.05) is 0 Å². The second-order valence-electron chi connectivity index (χ2n) is 3.51. The zero-order valence-electron chi connectivity index (χ0n) is 9.26. The summed E-state index contributed by atoms with van der Waals surface area (Å²) < 4.78 is 5.94. The predicted octanol–water partition coefficient (Wildman–Crippen LogP) is 3.54. The Balaban J connectivity index is 2.23. The first-order valence-electron chi connectivity index (χ1n) is 5.17. The van der Waals surface area contributed by atoms with Gasteiger partial charge in [0.05, 0.1) is 21.7 Å². The zero-order chi connectivity index (χ0) is 13.0.